The highest BCUT2D eigenvalue weighted by molar-refractivity contribution is 6.31. The Hall–Kier alpha value is -3.18. The fourth-order valence-corrected chi connectivity index (χ4v) is 6.99. The van der Waals surface area contributed by atoms with E-state index in [-0.39, 0.29) is 35.5 Å². The van der Waals surface area contributed by atoms with Crippen LogP contribution in [-0.2, 0) is 16.1 Å². The van der Waals surface area contributed by atoms with Crippen LogP contribution in [0.4, 0.5) is 0 Å². The van der Waals surface area contributed by atoms with Crippen molar-refractivity contribution in [3.63, 3.8) is 0 Å². The molecule has 0 N–H and O–H groups in total. The maximum absolute atomic E-state index is 13.3. The number of rotatable bonds is 4. The minimum absolute atomic E-state index is 0.131. The number of allylic oxidation sites excluding steroid dienone is 2. The van der Waals surface area contributed by atoms with E-state index >= 15 is 0 Å². The molecule has 3 fully saturated rings. The molecule has 4 aliphatic carbocycles. The molecule has 6 heteroatoms. The number of hydrogen-bond donors (Lipinski definition) is 0. The maximum atomic E-state index is 13.3. The number of halogens is 1. The normalized spacial score (nSPS) is 31.1. The topological polar surface area (TPSA) is 54.7 Å². The summed E-state index contributed by atoms with van der Waals surface area (Å²) in [6.45, 7) is 2.67. The lowest BCUT2D eigenvalue weighted by molar-refractivity contribution is -0.140. The molecule has 2 saturated carbocycles. The molecule has 0 radical (unpaired) electrons. The Labute approximate surface area is 202 Å². The van der Waals surface area contributed by atoms with Gasteiger partial charge in [-0.15, -0.1) is 0 Å². The first-order valence-electron chi connectivity index (χ1n) is 12.0. The summed E-state index contributed by atoms with van der Waals surface area (Å²) in [7, 11) is 0. The van der Waals surface area contributed by atoms with Crippen LogP contribution in [-0.4, -0.2) is 27.6 Å². The standard InChI is InChI=1S/C28H24ClN3O2/c1-15-22(17-7-3-5-9-24(17)31(15)14-16-6-2-4-8-23(16)29)13-30-32-27(33)25-18-10-11-19(21-12-20(18)21)26(25)28(32)34/h2-11,13,18-21,25-26H,12,14H2,1H3/b30-13-/t18-,19-,20-,21-,25+,26+/m0/s1. The third-order valence-corrected chi connectivity index (χ3v) is 8.88. The van der Waals surface area contributed by atoms with Crippen molar-refractivity contribution < 1.29 is 9.59 Å². The molecule has 2 heterocycles. The van der Waals surface area contributed by atoms with Gasteiger partial charge < -0.3 is 4.57 Å². The van der Waals surface area contributed by atoms with E-state index in [0.717, 1.165) is 44.2 Å². The number of carbonyl (C=O) groups is 2. The molecule has 34 heavy (non-hydrogen) atoms. The minimum atomic E-state index is -0.230. The number of hydrazone groups is 1. The van der Waals surface area contributed by atoms with Crippen LogP contribution in [0.15, 0.2) is 65.8 Å². The SMILES string of the molecule is Cc1c(/C=N\N2C(=O)[C@@H]3[C@H]4C=C[C@@H]([C@@H]5C[C@@H]45)[C@H]3C2=O)c2ccccc2n1Cc1ccccc1Cl. The van der Waals surface area contributed by atoms with Gasteiger partial charge in [-0.05, 0) is 54.7 Å². The van der Waals surface area contributed by atoms with E-state index in [1.165, 1.54) is 0 Å². The van der Waals surface area contributed by atoms with Crippen molar-refractivity contribution in [3.8, 4) is 0 Å². The molecule has 0 unspecified atom stereocenters. The average Bonchev–Trinajstić information content (AvgIpc) is 3.59. The van der Waals surface area contributed by atoms with Crippen molar-refractivity contribution in [2.75, 3.05) is 0 Å². The van der Waals surface area contributed by atoms with Crippen molar-refractivity contribution in [2.45, 2.75) is 19.9 Å². The van der Waals surface area contributed by atoms with Crippen LogP contribution in [0, 0.1) is 42.4 Å². The van der Waals surface area contributed by atoms with Crippen LogP contribution < -0.4 is 0 Å². The predicted octanol–water partition coefficient (Wildman–Crippen LogP) is 5.04. The molecule has 1 aliphatic heterocycles. The zero-order chi connectivity index (χ0) is 23.1. The van der Waals surface area contributed by atoms with E-state index in [9.17, 15) is 9.59 Å². The Morgan fingerprint density at radius 3 is 2.32 bits per heavy atom. The number of carbonyl (C=O) groups excluding carboxylic acids is 2. The summed E-state index contributed by atoms with van der Waals surface area (Å²) >= 11 is 6.44. The number of nitrogens with zero attached hydrogens (tertiary/aromatic N) is 3. The molecule has 1 aromatic heterocycles. The number of benzene rings is 2. The quantitative estimate of drug-likeness (QED) is 0.305. The van der Waals surface area contributed by atoms with Crippen molar-refractivity contribution in [1.82, 2.24) is 9.58 Å². The minimum Gasteiger partial charge on any atom is -0.340 e. The second-order valence-electron chi connectivity index (χ2n) is 10.1. The smallest absolute Gasteiger partial charge is 0.254 e. The molecular weight excluding hydrogens is 446 g/mol. The highest BCUT2D eigenvalue weighted by atomic mass is 35.5. The number of para-hydroxylation sites is 1. The number of fused-ring (bicyclic) bond motifs is 1. The first-order chi connectivity index (χ1) is 16.5. The third kappa shape index (κ3) is 2.70. The second-order valence-corrected chi connectivity index (χ2v) is 10.5. The summed E-state index contributed by atoms with van der Waals surface area (Å²) in [5.41, 5.74) is 4.04. The molecule has 2 amide bonds. The first-order valence-corrected chi connectivity index (χ1v) is 12.3. The molecule has 2 bridgehead atoms. The van der Waals surface area contributed by atoms with Crippen LogP contribution in [0.25, 0.3) is 10.9 Å². The summed E-state index contributed by atoms with van der Waals surface area (Å²) in [5.74, 6) is 0.856. The number of aromatic nitrogens is 1. The lowest BCUT2D eigenvalue weighted by Crippen LogP contribution is -2.40. The van der Waals surface area contributed by atoms with E-state index in [1.54, 1.807) is 6.21 Å². The van der Waals surface area contributed by atoms with Gasteiger partial charge in [0.15, 0.2) is 0 Å². The summed E-state index contributed by atoms with van der Waals surface area (Å²) in [6, 6.07) is 16.0. The zero-order valence-electron chi connectivity index (χ0n) is 18.8. The van der Waals surface area contributed by atoms with Crippen molar-refractivity contribution in [3.05, 3.63) is 82.5 Å². The molecule has 0 spiro atoms. The lowest BCUT2D eigenvalue weighted by atomic mass is 9.63. The molecule has 6 atom stereocenters. The maximum Gasteiger partial charge on any atom is 0.254 e. The van der Waals surface area contributed by atoms with Gasteiger partial charge in [0.05, 0.1) is 18.1 Å². The van der Waals surface area contributed by atoms with Crippen LogP contribution in [0.1, 0.15) is 23.2 Å². The van der Waals surface area contributed by atoms with Gasteiger partial charge in [0.25, 0.3) is 11.8 Å². The van der Waals surface area contributed by atoms with Gasteiger partial charge in [-0.25, -0.2) is 0 Å². The number of hydrogen-bond acceptors (Lipinski definition) is 3. The van der Waals surface area contributed by atoms with E-state index in [2.05, 4.69) is 34.0 Å². The van der Waals surface area contributed by atoms with Crippen LogP contribution in [0.3, 0.4) is 0 Å². The van der Waals surface area contributed by atoms with Gasteiger partial charge in [0.2, 0.25) is 0 Å². The zero-order valence-corrected chi connectivity index (χ0v) is 19.5. The van der Waals surface area contributed by atoms with Gasteiger partial charge in [0, 0.05) is 33.7 Å². The van der Waals surface area contributed by atoms with Crippen molar-refractivity contribution in [1.29, 1.82) is 0 Å². The van der Waals surface area contributed by atoms with E-state index < -0.39 is 0 Å². The van der Waals surface area contributed by atoms with Crippen molar-refractivity contribution >= 4 is 40.5 Å². The molecule has 8 rings (SSSR count). The van der Waals surface area contributed by atoms with Gasteiger partial charge in [-0.3, -0.25) is 9.59 Å². The lowest BCUT2D eigenvalue weighted by Gasteiger charge is -2.37. The molecule has 5 nitrogen and oxygen atoms in total. The Bertz CT molecular complexity index is 1400. The van der Waals surface area contributed by atoms with Crippen LogP contribution in [0.5, 0.6) is 0 Å². The molecule has 1 saturated heterocycles. The highest BCUT2D eigenvalue weighted by Crippen LogP contribution is 2.65. The van der Waals surface area contributed by atoms with Crippen molar-refractivity contribution in [2.24, 2.45) is 40.6 Å². The van der Waals surface area contributed by atoms with E-state index in [1.807, 2.05) is 43.3 Å². The summed E-state index contributed by atoms with van der Waals surface area (Å²) in [6.07, 6.45) is 7.23. The second kappa shape index (κ2) is 7.16. The largest absolute Gasteiger partial charge is 0.340 e. The Balaban J connectivity index is 1.25. The predicted molar refractivity (Wildman–Crippen MR) is 131 cm³/mol. The van der Waals surface area contributed by atoms with Gasteiger partial charge in [-0.2, -0.15) is 10.1 Å². The van der Waals surface area contributed by atoms with Gasteiger partial charge in [0.1, 0.15) is 0 Å². The van der Waals surface area contributed by atoms with E-state index in [4.69, 9.17) is 11.6 Å². The van der Waals surface area contributed by atoms with Crippen LogP contribution in [0.2, 0.25) is 5.02 Å². The monoisotopic (exact) mass is 469 g/mol. The fourth-order valence-electron chi connectivity index (χ4n) is 6.79. The van der Waals surface area contributed by atoms with Crippen LogP contribution >= 0.6 is 11.6 Å². The summed E-state index contributed by atoms with van der Waals surface area (Å²) in [5, 5.41) is 7.43. The van der Waals surface area contributed by atoms with Gasteiger partial charge >= 0.3 is 0 Å². The average molecular weight is 470 g/mol. The Kier molecular flexibility index (Phi) is 4.26. The Morgan fingerprint density at radius 2 is 1.62 bits per heavy atom. The molecule has 5 aliphatic rings. The summed E-state index contributed by atoms with van der Waals surface area (Å²) < 4.78 is 2.21. The molecule has 170 valence electrons. The number of imide groups is 1. The molecule has 3 aromatic rings. The fraction of sp³-hybridized carbons (Fsp3) is 0.321. The third-order valence-electron chi connectivity index (χ3n) is 8.51. The molecule has 2 aromatic carbocycles. The highest BCUT2D eigenvalue weighted by Gasteiger charge is 2.67. The van der Waals surface area contributed by atoms with Gasteiger partial charge in [-0.1, -0.05) is 60.2 Å². The first kappa shape index (κ1) is 20.2. The number of amides is 2. The summed E-state index contributed by atoms with van der Waals surface area (Å²) in [4.78, 5) is 26.6. The van der Waals surface area contributed by atoms with E-state index in [0.29, 0.717) is 18.4 Å². The molecular formula is C28H24ClN3O2. The Morgan fingerprint density at radius 1 is 0.971 bits per heavy atom.